The van der Waals surface area contributed by atoms with Crippen molar-refractivity contribution in [2.45, 2.75) is 53.6 Å². The van der Waals surface area contributed by atoms with Crippen LogP contribution in [0.5, 0.6) is 0 Å². The summed E-state index contributed by atoms with van der Waals surface area (Å²) in [5.41, 5.74) is 4.52. The zero-order valence-corrected chi connectivity index (χ0v) is 17.8. The minimum Gasteiger partial charge on any atom is -0.490 e. The van der Waals surface area contributed by atoms with Gasteiger partial charge in [-0.3, -0.25) is 0 Å². The molecular weight excluding hydrogens is 332 g/mol. The summed E-state index contributed by atoms with van der Waals surface area (Å²) in [6, 6.07) is 0. The van der Waals surface area contributed by atoms with E-state index in [4.69, 9.17) is 9.47 Å². The van der Waals surface area contributed by atoms with Crippen LogP contribution in [0, 0.1) is 0 Å². The fourth-order valence-corrected chi connectivity index (χ4v) is 2.05. The van der Waals surface area contributed by atoms with Gasteiger partial charge in [-0.2, -0.15) is 0 Å². The molecule has 0 radical (unpaired) electrons. The Hall–Kier alpha value is -2.48. The molecule has 0 N–H and O–H groups in total. The topological polar surface area (TPSA) is 18.5 Å². The third-order valence-electron chi connectivity index (χ3n) is 3.77. The van der Waals surface area contributed by atoms with Gasteiger partial charge < -0.3 is 9.47 Å². The fraction of sp³-hybridized carbons (Fsp3) is 0.360. The van der Waals surface area contributed by atoms with E-state index in [2.05, 4.69) is 45.4 Å². The van der Waals surface area contributed by atoms with Crippen molar-refractivity contribution in [3.05, 3.63) is 96.6 Å². The number of allylic oxidation sites excluding steroid dienone is 7. The van der Waals surface area contributed by atoms with Gasteiger partial charge in [0.1, 0.15) is 24.2 Å². The van der Waals surface area contributed by atoms with Crippen LogP contribution in [0.3, 0.4) is 0 Å². The van der Waals surface area contributed by atoms with Crippen LogP contribution in [0.2, 0.25) is 0 Å². The normalized spacial score (nSPS) is 14.6. The Bertz CT molecular complexity index is 654. The highest BCUT2D eigenvalue weighted by Gasteiger charge is 2.06. The first-order chi connectivity index (χ1) is 12.8. The first-order valence-electron chi connectivity index (χ1n) is 9.51. The van der Waals surface area contributed by atoms with E-state index in [0.717, 1.165) is 24.0 Å². The summed E-state index contributed by atoms with van der Waals surface area (Å²) < 4.78 is 11.4. The lowest BCUT2D eigenvalue weighted by Crippen LogP contribution is -2.08. The van der Waals surface area contributed by atoms with E-state index in [1.165, 1.54) is 11.1 Å². The van der Waals surface area contributed by atoms with Gasteiger partial charge in [-0.1, -0.05) is 75.6 Å². The molecule has 2 heteroatoms. The van der Waals surface area contributed by atoms with Crippen molar-refractivity contribution in [2.24, 2.45) is 0 Å². The van der Waals surface area contributed by atoms with E-state index in [9.17, 15) is 0 Å². The van der Waals surface area contributed by atoms with Crippen molar-refractivity contribution in [3.63, 3.8) is 0 Å². The maximum Gasteiger partial charge on any atom is 0.120 e. The van der Waals surface area contributed by atoms with Gasteiger partial charge in [-0.05, 0) is 56.9 Å². The van der Waals surface area contributed by atoms with Crippen LogP contribution >= 0.6 is 0 Å². The summed E-state index contributed by atoms with van der Waals surface area (Å²) >= 11 is 0. The third kappa shape index (κ3) is 11.7. The molecule has 1 aliphatic rings. The Balaban J connectivity index is 0.00000326. The number of hydrogen-bond acceptors (Lipinski definition) is 2. The first-order valence-corrected chi connectivity index (χ1v) is 9.51. The monoisotopic (exact) mass is 368 g/mol. The SMILES string of the molecule is C=C(C)/C=C\C(=C)C(C)OC(=C)/C=C\C(=C)OCC1=CC=C(C)CC1.CC. The quantitative estimate of drug-likeness (QED) is 0.296. The summed E-state index contributed by atoms with van der Waals surface area (Å²) in [5, 5.41) is 0. The van der Waals surface area contributed by atoms with Crippen molar-refractivity contribution >= 4 is 0 Å². The van der Waals surface area contributed by atoms with E-state index in [0.29, 0.717) is 18.1 Å². The van der Waals surface area contributed by atoms with Gasteiger partial charge in [0.2, 0.25) is 0 Å². The van der Waals surface area contributed by atoms with Crippen LogP contribution in [-0.4, -0.2) is 12.7 Å². The summed E-state index contributed by atoms with van der Waals surface area (Å²) in [6.45, 7) is 26.2. The molecule has 0 bridgehead atoms. The molecule has 1 unspecified atom stereocenters. The number of rotatable bonds is 10. The second-order valence-corrected chi connectivity index (χ2v) is 6.41. The van der Waals surface area contributed by atoms with E-state index in [-0.39, 0.29) is 6.10 Å². The van der Waals surface area contributed by atoms with E-state index < -0.39 is 0 Å². The van der Waals surface area contributed by atoms with Crippen molar-refractivity contribution in [1.82, 2.24) is 0 Å². The van der Waals surface area contributed by atoms with Crippen molar-refractivity contribution in [3.8, 4) is 0 Å². The van der Waals surface area contributed by atoms with Gasteiger partial charge in [0.25, 0.3) is 0 Å². The standard InChI is InChI=1S/C23H30O2.C2H6/c1-17(2)8-11-19(4)22(7)25-21(6)13-12-20(5)24-16-23-14-9-18(3)10-15-23;1-2/h8-9,11-14,22H,1,4-6,10,15-16H2,2-3,7H3;1-2H3/b11-8-,13-12-;. The molecule has 27 heavy (non-hydrogen) atoms. The zero-order chi connectivity index (χ0) is 20.8. The first kappa shape index (κ1) is 24.5. The molecule has 0 spiro atoms. The highest BCUT2D eigenvalue weighted by Crippen LogP contribution is 2.19. The van der Waals surface area contributed by atoms with Gasteiger partial charge >= 0.3 is 0 Å². The second-order valence-electron chi connectivity index (χ2n) is 6.41. The fourth-order valence-electron chi connectivity index (χ4n) is 2.05. The van der Waals surface area contributed by atoms with Gasteiger partial charge in [0.05, 0.1) is 0 Å². The Morgan fingerprint density at radius 3 is 2.19 bits per heavy atom. The molecular formula is C25H36O2. The highest BCUT2D eigenvalue weighted by molar-refractivity contribution is 5.27. The average molecular weight is 369 g/mol. The largest absolute Gasteiger partial charge is 0.490 e. The Morgan fingerprint density at radius 2 is 1.63 bits per heavy atom. The zero-order valence-electron chi connectivity index (χ0n) is 17.8. The van der Waals surface area contributed by atoms with Crippen LogP contribution in [0.15, 0.2) is 96.6 Å². The van der Waals surface area contributed by atoms with Gasteiger partial charge in [-0.25, -0.2) is 0 Å². The lowest BCUT2D eigenvalue weighted by atomic mass is 10.0. The Morgan fingerprint density at radius 1 is 1.00 bits per heavy atom. The smallest absolute Gasteiger partial charge is 0.120 e. The van der Waals surface area contributed by atoms with Crippen LogP contribution < -0.4 is 0 Å². The highest BCUT2D eigenvalue weighted by atomic mass is 16.5. The minimum atomic E-state index is -0.163. The molecule has 0 aromatic carbocycles. The maximum atomic E-state index is 5.72. The van der Waals surface area contributed by atoms with E-state index in [1.807, 2.05) is 39.8 Å². The second kappa shape index (κ2) is 13.7. The summed E-state index contributed by atoms with van der Waals surface area (Å²) in [5.74, 6) is 1.13. The molecule has 0 saturated heterocycles. The lowest BCUT2D eigenvalue weighted by Gasteiger charge is -2.15. The molecule has 1 rings (SSSR count). The molecule has 0 aliphatic heterocycles. The Labute approximate surface area is 166 Å². The molecule has 1 aliphatic carbocycles. The summed E-state index contributed by atoms with van der Waals surface area (Å²) in [4.78, 5) is 0. The van der Waals surface area contributed by atoms with Gasteiger partial charge in [0, 0.05) is 0 Å². The molecule has 0 heterocycles. The predicted molar refractivity (Wildman–Crippen MR) is 119 cm³/mol. The Kier molecular flexibility index (Phi) is 12.4. The number of ether oxygens (including phenoxy) is 2. The van der Waals surface area contributed by atoms with Gasteiger partial charge in [-0.15, -0.1) is 0 Å². The maximum absolute atomic E-state index is 5.72. The number of hydrogen-bond donors (Lipinski definition) is 0. The van der Waals surface area contributed by atoms with E-state index in [1.54, 1.807) is 12.2 Å². The summed E-state index contributed by atoms with van der Waals surface area (Å²) in [7, 11) is 0. The van der Waals surface area contributed by atoms with Crippen LogP contribution in [0.4, 0.5) is 0 Å². The van der Waals surface area contributed by atoms with E-state index >= 15 is 0 Å². The van der Waals surface area contributed by atoms with Crippen LogP contribution in [0.25, 0.3) is 0 Å². The molecule has 0 fully saturated rings. The molecule has 0 amide bonds. The molecule has 0 aromatic rings. The third-order valence-corrected chi connectivity index (χ3v) is 3.77. The van der Waals surface area contributed by atoms with Crippen molar-refractivity contribution < 1.29 is 9.47 Å². The minimum absolute atomic E-state index is 0.163. The predicted octanol–water partition coefficient (Wildman–Crippen LogP) is 7.37. The molecule has 2 nitrogen and oxygen atoms in total. The van der Waals surface area contributed by atoms with Gasteiger partial charge in [0.15, 0.2) is 0 Å². The molecule has 148 valence electrons. The van der Waals surface area contributed by atoms with Crippen LogP contribution in [0.1, 0.15) is 47.5 Å². The molecule has 1 atom stereocenters. The summed E-state index contributed by atoms with van der Waals surface area (Å²) in [6.07, 6.45) is 13.6. The van der Waals surface area contributed by atoms with Crippen LogP contribution in [-0.2, 0) is 9.47 Å². The lowest BCUT2D eigenvalue weighted by molar-refractivity contribution is 0.175. The molecule has 0 saturated carbocycles. The van der Waals surface area contributed by atoms with Crippen molar-refractivity contribution in [2.75, 3.05) is 6.61 Å². The molecule has 0 aromatic heterocycles. The average Bonchev–Trinajstić information content (AvgIpc) is 2.65. The van der Waals surface area contributed by atoms with Crippen molar-refractivity contribution in [1.29, 1.82) is 0 Å².